The maximum Gasteiger partial charge on any atom is 0.195 e. The van der Waals surface area contributed by atoms with Crippen molar-refractivity contribution in [2.45, 2.75) is 0 Å². The summed E-state index contributed by atoms with van der Waals surface area (Å²) in [7, 11) is 3.28. The average Bonchev–Trinajstić information content (AvgIpc) is 3.45. The minimum atomic E-state index is -0.0930. The molecule has 6 heteroatoms. The molecular formula is C36H27ClN2O3. The molecule has 0 radical (unpaired) electrons. The van der Waals surface area contributed by atoms with E-state index in [1.165, 1.54) is 0 Å². The minimum absolute atomic E-state index is 0.0930. The van der Waals surface area contributed by atoms with Crippen LogP contribution in [-0.2, 0) is 0 Å². The zero-order chi connectivity index (χ0) is 29.1. The first-order valence-electron chi connectivity index (χ1n) is 13.4. The van der Waals surface area contributed by atoms with Crippen molar-refractivity contribution in [2.24, 2.45) is 0 Å². The number of carbonyl (C=O) groups excluding carboxylic acids is 1. The van der Waals surface area contributed by atoms with Crippen LogP contribution in [0.25, 0.3) is 39.6 Å². The van der Waals surface area contributed by atoms with Crippen LogP contribution in [0.4, 0.5) is 0 Å². The normalized spacial score (nSPS) is 10.8. The number of nitrogens with zero attached hydrogens (tertiary/aromatic N) is 2. The summed E-state index contributed by atoms with van der Waals surface area (Å²) in [6.07, 6.45) is 0. The fourth-order valence-corrected chi connectivity index (χ4v) is 5.31. The van der Waals surface area contributed by atoms with Gasteiger partial charge in [-0.05, 0) is 48.5 Å². The van der Waals surface area contributed by atoms with Gasteiger partial charge in [0.25, 0.3) is 0 Å². The molecule has 206 valence electrons. The lowest BCUT2D eigenvalue weighted by Gasteiger charge is -2.18. The van der Waals surface area contributed by atoms with E-state index in [-0.39, 0.29) is 5.78 Å². The van der Waals surface area contributed by atoms with Gasteiger partial charge in [-0.1, -0.05) is 90.5 Å². The Kier molecular flexibility index (Phi) is 7.58. The summed E-state index contributed by atoms with van der Waals surface area (Å²) in [6, 6.07) is 40.1. The van der Waals surface area contributed by atoms with Gasteiger partial charge in [0.05, 0.1) is 36.3 Å². The van der Waals surface area contributed by atoms with Crippen molar-refractivity contribution in [3.05, 3.63) is 144 Å². The number of benzene rings is 5. The molecule has 6 aromatic rings. The summed E-state index contributed by atoms with van der Waals surface area (Å²) in [6.45, 7) is 0. The first-order valence-corrected chi connectivity index (χ1v) is 13.8. The molecule has 0 N–H and O–H groups in total. The Bertz CT molecular complexity index is 1900. The van der Waals surface area contributed by atoms with Crippen LogP contribution in [0, 0.1) is 0 Å². The fourth-order valence-electron chi connectivity index (χ4n) is 5.09. The predicted octanol–water partition coefficient (Wildman–Crippen LogP) is 8.77. The number of hydrogen-bond donors (Lipinski definition) is 0. The van der Waals surface area contributed by atoms with Crippen molar-refractivity contribution >= 4 is 17.4 Å². The summed E-state index contributed by atoms with van der Waals surface area (Å²) in [5, 5.41) is 0.546. The number of ketones is 1. The second kappa shape index (κ2) is 11.8. The second-order valence-corrected chi connectivity index (χ2v) is 10.0. The lowest BCUT2D eigenvalue weighted by molar-refractivity contribution is 0.103. The van der Waals surface area contributed by atoms with Crippen molar-refractivity contribution < 1.29 is 14.3 Å². The summed E-state index contributed by atoms with van der Waals surface area (Å²) in [4.78, 5) is 19.2. The minimum Gasteiger partial charge on any atom is -0.497 e. The fraction of sp³-hybridized carbons (Fsp3) is 0.0556. The second-order valence-electron chi connectivity index (χ2n) is 9.62. The van der Waals surface area contributed by atoms with Crippen LogP contribution in [0.2, 0.25) is 5.02 Å². The predicted molar refractivity (Wildman–Crippen MR) is 168 cm³/mol. The Balaban J connectivity index is 1.74. The van der Waals surface area contributed by atoms with E-state index in [4.69, 9.17) is 26.1 Å². The van der Waals surface area contributed by atoms with Crippen LogP contribution < -0.4 is 9.47 Å². The topological polar surface area (TPSA) is 53.4 Å². The number of imidazole rings is 1. The van der Waals surface area contributed by atoms with Gasteiger partial charge in [0.2, 0.25) is 0 Å². The molecule has 5 aromatic carbocycles. The number of para-hydroxylation sites is 1. The van der Waals surface area contributed by atoms with Crippen molar-refractivity contribution in [2.75, 3.05) is 14.2 Å². The van der Waals surface area contributed by atoms with Gasteiger partial charge in [-0.25, -0.2) is 4.98 Å². The van der Waals surface area contributed by atoms with Crippen LogP contribution in [-0.4, -0.2) is 29.6 Å². The largest absolute Gasteiger partial charge is 0.497 e. The molecule has 0 bridgehead atoms. The molecule has 0 atom stereocenters. The van der Waals surface area contributed by atoms with Crippen LogP contribution >= 0.6 is 11.6 Å². The maximum atomic E-state index is 14.0. The highest BCUT2D eigenvalue weighted by atomic mass is 35.5. The summed E-state index contributed by atoms with van der Waals surface area (Å²) < 4.78 is 13.2. The van der Waals surface area contributed by atoms with E-state index in [1.54, 1.807) is 14.2 Å². The van der Waals surface area contributed by atoms with Gasteiger partial charge in [-0.3, -0.25) is 9.36 Å². The SMILES string of the molecule is COc1cccc(-c2nc(-c3ccccc3Cl)n(-c3ccccc3C(=O)c3ccccc3)c2-c2cccc(OC)c2)c1. The third-order valence-corrected chi connectivity index (χ3v) is 7.43. The molecule has 0 spiro atoms. The monoisotopic (exact) mass is 570 g/mol. The van der Waals surface area contributed by atoms with E-state index >= 15 is 0 Å². The van der Waals surface area contributed by atoms with Gasteiger partial charge in [-0.2, -0.15) is 0 Å². The number of aromatic nitrogens is 2. The van der Waals surface area contributed by atoms with E-state index in [2.05, 4.69) is 0 Å². The third kappa shape index (κ3) is 5.06. The lowest BCUT2D eigenvalue weighted by Crippen LogP contribution is -2.09. The molecule has 6 rings (SSSR count). The van der Waals surface area contributed by atoms with Gasteiger partial charge in [0.1, 0.15) is 17.3 Å². The van der Waals surface area contributed by atoms with E-state index in [1.807, 2.05) is 132 Å². The van der Waals surface area contributed by atoms with E-state index < -0.39 is 0 Å². The van der Waals surface area contributed by atoms with Crippen LogP contribution in [0.15, 0.2) is 127 Å². The van der Waals surface area contributed by atoms with Crippen molar-refractivity contribution in [3.8, 4) is 51.1 Å². The van der Waals surface area contributed by atoms with Crippen molar-refractivity contribution in [3.63, 3.8) is 0 Å². The highest BCUT2D eigenvalue weighted by Crippen LogP contribution is 2.42. The number of halogens is 1. The van der Waals surface area contributed by atoms with Gasteiger partial charge in [0, 0.05) is 27.8 Å². The quantitative estimate of drug-likeness (QED) is 0.172. The Morgan fingerprint density at radius 3 is 2.02 bits per heavy atom. The van der Waals surface area contributed by atoms with Crippen molar-refractivity contribution in [1.82, 2.24) is 9.55 Å². The van der Waals surface area contributed by atoms with Gasteiger partial charge in [0.15, 0.2) is 5.78 Å². The maximum absolute atomic E-state index is 14.0. The molecule has 5 nitrogen and oxygen atoms in total. The molecule has 0 saturated carbocycles. The molecule has 0 aliphatic rings. The number of carbonyl (C=O) groups is 1. The zero-order valence-electron chi connectivity index (χ0n) is 23.1. The molecule has 0 aliphatic carbocycles. The summed E-state index contributed by atoms with van der Waals surface area (Å²) >= 11 is 6.81. The molecule has 0 fully saturated rings. The van der Waals surface area contributed by atoms with E-state index in [9.17, 15) is 4.79 Å². The number of methoxy groups -OCH3 is 2. The van der Waals surface area contributed by atoms with Crippen LogP contribution in [0.3, 0.4) is 0 Å². The van der Waals surface area contributed by atoms with Crippen LogP contribution in [0.5, 0.6) is 11.5 Å². The lowest BCUT2D eigenvalue weighted by atomic mass is 10.00. The standard InChI is InChI=1S/C36H27ClN2O3/c1-41-27-16-10-14-25(22-27)33-34(26-15-11-17-28(23-26)42-2)39(36(38-33)29-18-6-8-20-31(29)37)32-21-9-7-19-30(32)35(40)24-12-4-3-5-13-24/h3-23H,1-2H3. The first-order chi connectivity index (χ1) is 20.6. The van der Waals surface area contributed by atoms with Gasteiger partial charge in [-0.15, -0.1) is 0 Å². The Morgan fingerprint density at radius 1 is 0.690 bits per heavy atom. The zero-order valence-corrected chi connectivity index (χ0v) is 23.9. The van der Waals surface area contributed by atoms with Gasteiger partial charge < -0.3 is 9.47 Å². The third-order valence-electron chi connectivity index (χ3n) is 7.10. The Hall–Kier alpha value is -5.13. The molecule has 1 aromatic heterocycles. The Labute approximate surface area is 249 Å². The highest BCUT2D eigenvalue weighted by molar-refractivity contribution is 6.33. The molecule has 0 aliphatic heterocycles. The first kappa shape index (κ1) is 27.1. The number of hydrogen-bond acceptors (Lipinski definition) is 4. The molecular weight excluding hydrogens is 544 g/mol. The molecule has 0 unspecified atom stereocenters. The van der Waals surface area contributed by atoms with Gasteiger partial charge >= 0.3 is 0 Å². The highest BCUT2D eigenvalue weighted by Gasteiger charge is 2.26. The number of rotatable bonds is 8. The van der Waals surface area contributed by atoms with E-state index in [0.29, 0.717) is 44.9 Å². The Morgan fingerprint density at radius 2 is 1.31 bits per heavy atom. The summed E-state index contributed by atoms with van der Waals surface area (Å²) in [5.41, 5.74) is 5.76. The smallest absolute Gasteiger partial charge is 0.195 e. The molecule has 0 saturated heterocycles. The molecule has 1 heterocycles. The van der Waals surface area contributed by atoms with Crippen LogP contribution in [0.1, 0.15) is 15.9 Å². The number of ether oxygens (including phenoxy) is 2. The van der Waals surface area contributed by atoms with Crippen molar-refractivity contribution in [1.29, 1.82) is 0 Å². The average molecular weight is 571 g/mol. The van der Waals surface area contributed by atoms with E-state index in [0.717, 1.165) is 22.4 Å². The molecule has 0 amide bonds. The summed E-state index contributed by atoms with van der Waals surface area (Å²) in [5.74, 6) is 1.91. The molecule has 42 heavy (non-hydrogen) atoms.